The van der Waals surface area contributed by atoms with Crippen molar-refractivity contribution in [2.45, 2.75) is 31.4 Å². The zero-order valence-corrected chi connectivity index (χ0v) is 11.6. The van der Waals surface area contributed by atoms with Crippen molar-refractivity contribution in [2.24, 2.45) is 5.73 Å². The van der Waals surface area contributed by atoms with Gasteiger partial charge in [0.05, 0.1) is 18.8 Å². The van der Waals surface area contributed by atoms with Gasteiger partial charge in [-0.1, -0.05) is 41.7 Å². The highest BCUT2D eigenvalue weighted by molar-refractivity contribution is 7.11. The monoisotopic (exact) mass is 275 g/mol. The summed E-state index contributed by atoms with van der Waals surface area (Å²) < 4.78 is 5.58. The fourth-order valence-electron chi connectivity index (χ4n) is 2.33. The number of ether oxygens (including phenoxy) is 1. The van der Waals surface area contributed by atoms with Crippen LogP contribution in [0, 0.1) is 0 Å². The molecule has 0 bridgehead atoms. The molecular weight excluding hydrogens is 258 g/mol. The third-order valence-electron chi connectivity index (χ3n) is 3.43. The summed E-state index contributed by atoms with van der Waals surface area (Å²) in [6.07, 6.45) is 1.34. The van der Waals surface area contributed by atoms with Crippen molar-refractivity contribution in [3.63, 3.8) is 0 Å². The van der Waals surface area contributed by atoms with Crippen molar-refractivity contribution in [1.82, 2.24) is 10.2 Å². The first-order valence-corrected chi connectivity index (χ1v) is 7.31. The molecule has 2 aromatic rings. The van der Waals surface area contributed by atoms with Gasteiger partial charge in [-0.05, 0) is 18.9 Å². The predicted molar refractivity (Wildman–Crippen MR) is 75.2 cm³/mol. The van der Waals surface area contributed by atoms with Gasteiger partial charge in [0.25, 0.3) is 0 Å². The van der Waals surface area contributed by atoms with E-state index in [1.165, 1.54) is 0 Å². The van der Waals surface area contributed by atoms with Gasteiger partial charge in [-0.15, -0.1) is 10.2 Å². The van der Waals surface area contributed by atoms with Crippen LogP contribution in [0.2, 0.25) is 0 Å². The fourth-order valence-corrected chi connectivity index (χ4v) is 3.30. The predicted octanol–water partition coefficient (Wildman–Crippen LogP) is 2.48. The molecular formula is C14H17N3OS. The first kappa shape index (κ1) is 12.7. The second-order valence-corrected chi connectivity index (χ2v) is 5.98. The Morgan fingerprint density at radius 3 is 2.79 bits per heavy atom. The lowest BCUT2D eigenvalue weighted by molar-refractivity contribution is 0.123. The summed E-state index contributed by atoms with van der Waals surface area (Å²) in [6.45, 7) is 2.84. The second-order valence-electron chi connectivity index (χ2n) is 4.94. The van der Waals surface area contributed by atoms with Crippen LogP contribution in [0.25, 0.3) is 0 Å². The largest absolute Gasteiger partial charge is 0.378 e. The van der Waals surface area contributed by atoms with Crippen LogP contribution in [0.15, 0.2) is 30.3 Å². The molecule has 0 aliphatic carbocycles. The van der Waals surface area contributed by atoms with E-state index in [4.69, 9.17) is 10.5 Å². The van der Waals surface area contributed by atoms with Gasteiger partial charge in [0.15, 0.2) is 0 Å². The highest BCUT2D eigenvalue weighted by Gasteiger charge is 2.27. The molecule has 2 heterocycles. The van der Waals surface area contributed by atoms with E-state index < -0.39 is 0 Å². The van der Waals surface area contributed by atoms with Crippen LogP contribution >= 0.6 is 11.3 Å². The van der Waals surface area contributed by atoms with Crippen molar-refractivity contribution >= 4 is 11.3 Å². The summed E-state index contributed by atoms with van der Waals surface area (Å²) in [5.41, 5.74) is 7.30. The molecule has 3 rings (SSSR count). The number of hydrogen-bond acceptors (Lipinski definition) is 5. The van der Waals surface area contributed by atoms with Crippen LogP contribution in [-0.2, 0) is 4.74 Å². The highest BCUT2D eigenvalue weighted by atomic mass is 32.1. The van der Waals surface area contributed by atoms with Crippen molar-refractivity contribution < 1.29 is 4.74 Å². The molecule has 2 N–H and O–H groups in total. The van der Waals surface area contributed by atoms with E-state index in [-0.39, 0.29) is 6.04 Å². The smallest absolute Gasteiger partial charge is 0.138 e. The minimum Gasteiger partial charge on any atom is -0.378 e. The average Bonchev–Trinajstić information content (AvgIpc) is 3.07. The highest BCUT2D eigenvalue weighted by Crippen LogP contribution is 2.33. The van der Waals surface area contributed by atoms with Crippen LogP contribution in [0.1, 0.15) is 40.9 Å². The van der Waals surface area contributed by atoms with Crippen LogP contribution in [0.5, 0.6) is 0 Å². The number of hydrogen-bond donors (Lipinski definition) is 1. The molecule has 1 aliphatic rings. The molecule has 19 heavy (non-hydrogen) atoms. The zero-order valence-electron chi connectivity index (χ0n) is 10.8. The molecule has 0 saturated carbocycles. The number of nitrogens with two attached hydrogens (primary N) is 1. The lowest BCUT2D eigenvalue weighted by Gasteiger charge is -2.07. The third-order valence-corrected chi connectivity index (χ3v) is 4.60. The van der Waals surface area contributed by atoms with Gasteiger partial charge < -0.3 is 10.5 Å². The molecule has 5 heteroatoms. The van der Waals surface area contributed by atoms with E-state index in [1.54, 1.807) is 11.3 Å². The van der Waals surface area contributed by atoms with Crippen molar-refractivity contribution in [3.05, 3.63) is 45.9 Å². The van der Waals surface area contributed by atoms with E-state index in [1.807, 2.05) is 30.3 Å². The van der Waals surface area contributed by atoms with Crippen molar-refractivity contribution in [3.8, 4) is 0 Å². The summed E-state index contributed by atoms with van der Waals surface area (Å²) >= 11 is 1.61. The molecule has 1 aliphatic heterocycles. The molecule has 3 atom stereocenters. The van der Waals surface area contributed by atoms with Gasteiger partial charge in [-0.3, -0.25) is 0 Å². The maximum Gasteiger partial charge on any atom is 0.138 e. The Balaban J connectivity index is 1.78. The van der Waals surface area contributed by atoms with Gasteiger partial charge in [0, 0.05) is 5.92 Å². The standard InChI is InChI=1S/C14H17N3OS/c1-9-7-11(8-18-9)13-16-17-14(19-13)12(15)10-5-3-2-4-6-10/h2-6,9,11-12H,7-8,15H2,1H3. The molecule has 3 unspecified atom stereocenters. The minimum atomic E-state index is -0.188. The lowest BCUT2D eigenvalue weighted by Crippen LogP contribution is -2.11. The maximum atomic E-state index is 6.23. The number of benzene rings is 1. The average molecular weight is 275 g/mol. The SMILES string of the molecule is CC1CC(c2nnc(C(N)c3ccccc3)s2)CO1. The first-order valence-electron chi connectivity index (χ1n) is 6.49. The van der Waals surface area contributed by atoms with Crippen LogP contribution in [0.4, 0.5) is 0 Å². The van der Waals surface area contributed by atoms with Gasteiger partial charge >= 0.3 is 0 Å². The molecule has 1 fully saturated rings. The summed E-state index contributed by atoms with van der Waals surface area (Å²) in [5, 5.41) is 10.5. The Bertz CT molecular complexity index is 543. The minimum absolute atomic E-state index is 0.188. The Morgan fingerprint density at radius 2 is 2.11 bits per heavy atom. The van der Waals surface area contributed by atoms with E-state index in [2.05, 4.69) is 17.1 Å². The van der Waals surface area contributed by atoms with E-state index in [0.717, 1.165) is 28.6 Å². The van der Waals surface area contributed by atoms with Crippen molar-refractivity contribution in [1.29, 1.82) is 0 Å². The molecule has 1 saturated heterocycles. The quantitative estimate of drug-likeness (QED) is 0.935. The number of aromatic nitrogens is 2. The van der Waals surface area contributed by atoms with Crippen LogP contribution < -0.4 is 5.73 Å². The van der Waals surface area contributed by atoms with Gasteiger partial charge in [0.2, 0.25) is 0 Å². The Morgan fingerprint density at radius 1 is 1.32 bits per heavy atom. The van der Waals surface area contributed by atoms with E-state index >= 15 is 0 Å². The summed E-state index contributed by atoms with van der Waals surface area (Å²) in [5.74, 6) is 0.379. The van der Waals surface area contributed by atoms with Crippen molar-refractivity contribution in [2.75, 3.05) is 6.61 Å². The Kier molecular flexibility index (Phi) is 3.59. The fraction of sp³-hybridized carbons (Fsp3) is 0.429. The molecule has 1 aromatic heterocycles. The lowest BCUT2D eigenvalue weighted by atomic mass is 10.1. The Labute approximate surface area is 116 Å². The summed E-state index contributed by atoms with van der Waals surface area (Å²) in [4.78, 5) is 0. The molecule has 4 nitrogen and oxygen atoms in total. The topological polar surface area (TPSA) is 61.0 Å². The molecule has 1 aromatic carbocycles. The van der Waals surface area contributed by atoms with Crippen LogP contribution in [-0.4, -0.2) is 22.9 Å². The molecule has 0 amide bonds. The summed E-state index contributed by atoms with van der Waals surface area (Å²) in [7, 11) is 0. The molecule has 100 valence electrons. The van der Waals surface area contributed by atoms with E-state index in [9.17, 15) is 0 Å². The third kappa shape index (κ3) is 2.68. The first-order chi connectivity index (χ1) is 9.24. The van der Waals surface area contributed by atoms with Gasteiger partial charge in [-0.25, -0.2) is 0 Å². The van der Waals surface area contributed by atoms with Gasteiger partial charge in [0.1, 0.15) is 10.0 Å². The Hall–Kier alpha value is -1.30. The number of rotatable bonds is 3. The maximum absolute atomic E-state index is 6.23. The number of nitrogens with zero attached hydrogens (tertiary/aromatic N) is 2. The molecule has 0 spiro atoms. The zero-order chi connectivity index (χ0) is 13.2. The van der Waals surface area contributed by atoms with E-state index in [0.29, 0.717) is 12.0 Å². The molecule has 0 radical (unpaired) electrons. The normalized spacial score (nSPS) is 24.5. The van der Waals surface area contributed by atoms with Crippen LogP contribution in [0.3, 0.4) is 0 Å². The summed E-state index contributed by atoms with van der Waals surface area (Å²) in [6, 6.07) is 9.82. The second kappa shape index (κ2) is 5.36. The van der Waals surface area contributed by atoms with Gasteiger partial charge in [-0.2, -0.15) is 0 Å².